The molecule has 0 radical (unpaired) electrons. The summed E-state index contributed by atoms with van der Waals surface area (Å²) in [6, 6.07) is 3.98. The van der Waals surface area contributed by atoms with E-state index < -0.39 is 0 Å². The molecule has 1 amide bonds. The van der Waals surface area contributed by atoms with Gasteiger partial charge in [0.15, 0.2) is 0 Å². The third kappa shape index (κ3) is 3.79. The first-order chi connectivity index (χ1) is 9.77. The number of carbonyl (C=O) groups is 1. The van der Waals surface area contributed by atoms with Crippen LogP contribution in [-0.4, -0.2) is 30.5 Å². The van der Waals surface area contributed by atoms with Crippen LogP contribution in [0.1, 0.15) is 38.2 Å². The SMILES string of the molecule is CCCC1(C(=O)NCCc2cccnc2)CCCNC1. The summed E-state index contributed by atoms with van der Waals surface area (Å²) >= 11 is 0. The molecule has 0 aliphatic carbocycles. The Morgan fingerprint density at radius 1 is 1.55 bits per heavy atom. The number of rotatable bonds is 6. The Bertz CT molecular complexity index is 407. The second-order valence-electron chi connectivity index (χ2n) is 5.68. The molecule has 1 unspecified atom stereocenters. The van der Waals surface area contributed by atoms with Crippen LogP contribution in [0.3, 0.4) is 0 Å². The predicted octanol–water partition coefficient (Wildman–Crippen LogP) is 1.91. The zero-order chi connectivity index (χ0) is 14.3. The molecule has 1 aromatic rings. The van der Waals surface area contributed by atoms with E-state index >= 15 is 0 Å². The molecule has 1 aliphatic rings. The van der Waals surface area contributed by atoms with Gasteiger partial charge in [-0.05, 0) is 43.9 Å². The maximum Gasteiger partial charge on any atom is 0.227 e. The molecule has 1 saturated heterocycles. The van der Waals surface area contributed by atoms with Crippen LogP contribution in [0.4, 0.5) is 0 Å². The zero-order valence-corrected chi connectivity index (χ0v) is 12.3. The lowest BCUT2D eigenvalue weighted by Crippen LogP contribution is -2.50. The summed E-state index contributed by atoms with van der Waals surface area (Å²) in [5.74, 6) is 0.218. The summed E-state index contributed by atoms with van der Waals surface area (Å²) in [5, 5.41) is 6.50. The van der Waals surface area contributed by atoms with Crippen LogP contribution < -0.4 is 10.6 Å². The lowest BCUT2D eigenvalue weighted by molar-refractivity contribution is -0.132. The van der Waals surface area contributed by atoms with Crippen molar-refractivity contribution in [3.05, 3.63) is 30.1 Å². The second-order valence-corrected chi connectivity index (χ2v) is 5.68. The molecule has 1 fully saturated rings. The molecule has 1 atom stereocenters. The molecule has 2 rings (SSSR count). The Morgan fingerprint density at radius 2 is 2.45 bits per heavy atom. The summed E-state index contributed by atoms with van der Waals surface area (Å²) in [5.41, 5.74) is 0.973. The number of hydrogen-bond donors (Lipinski definition) is 2. The molecular weight excluding hydrogens is 250 g/mol. The van der Waals surface area contributed by atoms with Crippen molar-refractivity contribution < 1.29 is 4.79 Å². The minimum atomic E-state index is -0.193. The number of amides is 1. The second kappa shape index (κ2) is 7.39. The zero-order valence-electron chi connectivity index (χ0n) is 12.3. The van der Waals surface area contributed by atoms with Crippen LogP contribution in [0, 0.1) is 5.41 Å². The highest BCUT2D eigenvalue weighted by atomic mass is 16.2. The first-order valence-electron chi connectivity index (χ1n) is 7.65. The van der Waals surface area contributed by atoms with Gasteiger partial charge in [-0.3, -0.25) is 9.78 Å². The van der Waals surface area contributed by atoms with Crippen molar-refractivity contribution >= 4 is 5.91 Å². The van der Waals surface area contributed by atoms with E-state index in [1.807, 2.05) is 18.3 Å². The Hall–Kier alpha value is -1.42. The standard InChI is InChI=1S/C16H25N3O/c1-2-7-16(8-4-10-18-13-16)15(20)19-11-6-14-5-3-9-17-12-14/h3,5,9,12,18H,2,4,6-8,10-11,13H2,1H3,(H,19,20). The molecule has 0 spiro atoms. The third-order valence-electron chi connectivity index (χ3n) is 4.10. The number of hydrogen-bond acceptors (Lipinski definition) is 3. The van der Waals surface area contributed by atoms with Crippen LogP contribution in [0.5, 0.6) is 0 Å². The molecule has 2 heterocycles. The maximum atomic E-state index is 12.5. The summed E-state index contributed by atoms with van der Waals surface area (Å²) in [4.78, 5) is 16.6. The minimum absolute atomic E-state index is 0.193. The topological polar surface area (TPSA) is 54.0 Å². The highest BCUT2D eigenvalue weighted by Gasteiger charge is 2.38. The lowest BCUT2D eigenvalue weighted by Gasteiger charge is -2.36. The molecule has 0 saturated carbocycles. The van der Waals surface area contributed by atoms with Gasteiger partial charge in [0.25, 0.3) is 0 Å². The number of nitrogens with zero attached hydrogens (tertiary/aromatic N) is 1. The van der Waals surface area contributed by atoms with Crippen LogP contribution in [0.15, 0.2) is 24.5 Å². The molecule has 20 heavy (non-hydrogen) atoms. The number of carbonyl (C=O) groups excluding carboxylic acids is 1. The van der Waals surface area contributed by atoms with E-state index in [1.54, 1.807) is 6.20 Å². The number of aromatic nitrogens is 1. The van der Waals surface area contributed by atoms with E-state index in [9.17, 15) is 4.79 Å². The van der Waals surface area contributed by atoms with Crippen LogP contribution in [0.25, 0.3) is 0 Å². The fraction of sp³-hybridized carbons (Fsp3) is 0.625. The normalized spacial score (nSPS) is 22.4. The van der Waals surface area contributed by atoms with Crippen molar-refractivity contribution in [2.75, 3.05) is 19.6 Å². The average Bonchev–Trinajstić information content (AvgIpc) is 2.49. The summed E-state index contributed by atoms with van der Waals surface area (Å²) in [7, 11) is 0. The Labute approximate surface area is 121 Å². The fourth-order valence-electron chi connectivity index (χ4n) is 3.02. The summed E-state index contributed by atoms with van der Waals surface area (Å²) in [6.07, 6.45) is 8.59. The minimum Gasteiger partial charge on any atom is -0.355 e. The van der Waals surface area contributed by atoms with Crippen molar-refractivity contribution in [1.29, 1.82) is 0 Å². The first-order valence-corrected chi connectivity index (χ1v) is 7.65. The van der Waals surface area contributed by atoms with Gasteiger partial charge in [-0.15, -0.1) is 0 Å². The first kappa shape index (κ1) is 15.0. The highest BCUT2D eigenvalue weighted by molar-refractivity contribution is 5.83. The molecule has 1 aromatic heterocycles. The molecule has 2 N–H and O–H groups in total. The van der Waals surface area contributed by atoms with E-state index in [2.05, 4.69) is 22.5 Å². The molecule has 0 aromatic carbocycles. The maximum absolute atomic E-state index is 12.5. The average molecular weight is 275 g/mol. The monoisotopic (exact) mass is 275 g/mol. The van der Waals surface area contributed by atoms with E-state index in [-0.39, 0.29) is 11.3 Å². The lowest BCUT2D eigenvalue weighted by atomic mass is 9.76. The van der Waals surface area contributed by atoms with Gasteiger partial charge in [0.1, 0.15) is 0 Å². The van der Waals surface area contributed by atoms with E-state index in [4.69, 9.17) is 0 Å². The van der Waals surface area contributed by atoms with Gasteiger partial charge in [-0.1, -0.05) is 19.4 Å². The number of nitrogens with one attached hydrogen (secondary N) is 2. The predicted molar refractivity (Wildman–Crippen MR) is 80.4 cm³/mol. The van der Waals surface area contributed by atoms with E-state index in [1.165, 1.54) is 5.56 Å². The van der Waals surface area contributed by atoms with Gasteiger partial charge in [0.05, 0.1) is 5.41 Å². The molecule has 4 nitrogen and oxygen atoms in total. The van der Waals surface area contributed by atoms with Gasteiger partial charge in [-0.2, -0.15) is 0 Å². The van der Waals surface area contributed by atoms with Gasteiger partial charge in [-0.25, -0.2) is 0 Å². The Balaban J connectivity index is 1.85. The van der Waals surface area contributed by atoms with E-state index in [0.29, 0.717) is 6.54 Å². The number of pyridine rings is 1. The highest BCUT2D eigenvalue weighted by Crippen LogP contribution is 2.31. The third-order valence-corrected chi connectivity index (χ3v) is 4.10. The quantitative estimate of drug-likeness (QED) is 0.834. The Kier molecular flexibility index (Phi) is 5.53. The molecule has 1 aliphatic heterocycles. The van der Waals surface area contributed by atoms with Gasteiger partial charge in [0.2, 0.25) is 5.91 Å². The van der Waals surface area contributed by atoms with Crippen LogP contribution >= 0.6 is 0 Å². The van der Waals surface area contributed by atoms with Crippen molar-refractivity contribution in [1.82, 2.24) is 15.6 Å². The Morgan fingerprint density at radius 3 is 3.10 bits per heavy atom. The largest absolute Gasteiger partial charge is 0.355 e. The molecule has 4 heteroatoms. The summed E-state index contributed by atoms with van der Waals surface area (Å²) in [6.45, 7) is 4.70. The van der Waals surface area contributed by atoms with Gasteiger partial charge < -0.3 is 10.6 Å². The van der Waals surface area contributed by atoms with Crippen molar-refractivity contribution in [3.8, 4) is 0 Å². The molecule has 0 bridgehead atoms. The van der Waals surface area contributed by atoms with Crippen LogP contribution in [0.2, 0.25) is 0 Å². The van der Waals surface area contributed by atoms with Crippen molar-refractivity contribution in [3.63, 3.8) is 0 Å². The van der Waals surface area contributed by atoms with Gasteiger partial charge in [0, 0.05) is 25.5 Å². The fourth-order valence-corrected chi connectivity index (χ4v) is 3.02. The van der Waals surface area contributed by atoms with Crippen molar-refractivity contribution in [2.24, 2.45) is 5.41 Å². The number of piperidine rings is 1. The molecular formula is C16H25N3O. The van der Waals surface area contributed by atoms with Crippen LogP contribution in [-0.2, 0) is 11.2 Å². The summed E-state index contributed by atoms with van der Waals surface area (Å²) < 4.78 is 0. The van der Waals surface area contributed by atoms with Crippen molar-refractivity contribution in [2.45, 2.75) is 39.0 Å². The smallest absolute Gasteiger partial charge is 0.227 e. The van der Waals surface area contributed by atoms with E-state index in [0.717, 1.165) is 45.2 Å². The van der Waals surface area contributed by atoms with Gasteiger partial charge >= 0.3 is 0 Å². The molecule has 110 valence electrons.